The van der Waals surface area contributed by atoms with Crippen LogP contribution in [0, 0.1) is 17.8 Å². The highest BCUT2D eigenvalue weighted by Gasteiger charge is 2.33. The summed E-state index contributed by atoms with van der Waals surface area (Å²) in [7, 11) is 1.26. The van der Waals surface area contributed by atoms with E-state index in [0.29, 0.717) is 6.42 Å². The van der Waals surface area contributed by atoms with Gasteiger partial charge in [-0.1, -0.05) is 51.1 Å². The minimum Gasteiger partial charge on any atom is -0.467 e. The monoisotopic (exact) mass is 364 g/mol. The van der Waals surface area contributed by atoms with Crippen LogP contribution in [-0.4, -0.2) is 36.1 Å². The molecule has 2 amide bonds. The molecule has 7 nitrogen and oxygen atoms in total. The van der Waals surface area contributed by atoms with Crippen LogP contribution in [-0.2, 0) is 25.5 Å². The van der Waals surface area contributed by atoms with Gasteiger partial charge in [-0.15, -0.1) is 0 Å². The molecule has 0 aliphatic heterocycles. The molecule has 144 valence electrons. The van der Waals surface area contributed by atoms with Gasteiger partial charge in [0, 0.05) is 18.3 Å². The minimum absolute atomic E-state index is 0.158. The number of ether oxygens (including phenoxy) is 1. The van der Waals surface area contributed by atoms with Gasteiger partial charge >= 0.3 is 5.97 Å². The Balaban J connectivity index is 2.95. The first-order valence-electron chi connectivity index (χ1n) is 8.66. The van der Waals surface area contributed by atoms with Crippen LogP contribution in [0.4, 0.5) is 0 Å². The van der Waals surface area contributed by atoms with Crippen molar-refractivity contribution in [2.75, 3.05) is 7.11 Å². The highest BCUT2D eigenvalue weighted by molar-refractivity contribution is 5.90. The van der Waals surface area contributed by atoms with Gasteiger partial charge in [0.05, 0.1) is 7.11 Å². The van der Waals surface area contributed by atoms with Crippen molar-refractivity contribution in [2.45, 2.75) is 39.7 Å². The first kappa shape index (κ1) is 21.6. The molecule has 3 atom stereocenters. The number of carbonyl (C=O) groups is 3. The molecular weight excluding hydrogens is 336 g/mol. The van der Waals surface area contributed by atoms with Gasteiger partial charge < -0.3 is 10.1 Å². The minimum atomic E-state index is -0.853. The molecule has 1 aromatic rings. The van der Waals surface area contributed by atoms with E-state index in [2.05, 4.69) is 5.32 Å². The van der Waals surface area contributed by atoms with Gasteiger partial charge in [-0.3, -0.25) is 14.8 Å². The van der Waals surface area contributed by atoms with Crippen molar-refractivity contribution < 1.29 is 24.3 Å². The van der Waals surface area contributed by atoms with Crippen molar-refractivity contribution >= 4 is 17.8 Å². The lowest BCUT2D eigenvalue weighted by atomic mass is 9.85. The van der Waals surface area contributed by atoms with Crippen LogP contribution in [0.2, 0.25) is 0 Å². The van der Waals surface area contributed by atoms with Crippen molar-refractivity contribution in [3.63, 3.8) is 0 Å². The molecule has 7 heteroatoms. The second-order valence-electron chi connectivity index (χ2n) is 6.77. The first-order chi connectivity index (χ1) is 12.3. The predicted molar refractivity (Wildman–Crippen MR) is 96.1 cm³/mol. The van der Waals surface area contributed by atoms with Crippen molar-refractivity contribution in [1.29, 1.82) is 0 Å². The zero-order valence-electron chi connectivity index (χ0n) is 15.7. The summed E-state index contributed by atoms with van der Waals surface area (Å²) in [6.45, 7) is 5.44. The molecule has 0 aliphatic rings. The van der Waals surface area contributed by atoms with E-state index >= 15 is 0 Å². The van der Waals surface area contributed by atoms with Crippen LogP contribution < -0.4 is 10.8 Å². The van der Waals surface area contributed by atoms with Crippen molar-refractivity contribution in [1.82, 2.24) is 10.8 Å². The Bertz CT molecular complexity index is 603. The third-order valence-corrected chi connectivity index (χ3v) is 4.27. The summed E-state index contributed by atoms with van der Waals surface area (Å²) >= 11 is 0. The molecule has 3 N–H and O–H groups in total. The van der Waals surface area contributed by atoms with Crippen LogP contribution in [0.3, 0.4) is 0 Å². The van der Waals surface area contributed by atoms with Gasteiger partial charge in [-0.2, -0.15) is 0 Å². The lowest BCUT2D eigenvalue weighted by molar-refractivity contribution is -0.146. The highest BCUT2D eigenvalue weighted by Crippen LogP contribution is 2.22. The molecule has 0 radical (unpaired) electrons. The third kappa shape index (κ3) is 6.48. The number of hydrogen-bond acceptors (Lipinski definition) is 5. The fourth-order valence-electron chi connectivity index (χ4n) is 2.79. The lowest BCUT2D eigenvalue weighted by Gasteiger charge is -2.26. The number of hydrogen-bond donors (Lipinski definition) is 3. The largest absolute Gasteiger partial charge is 0.467 e. The van der Waals surface area contributed by atoms with Crippen molar-refractivity contribution in [3.8, 4) is 0 Å². The SMILES string of the molecule is COC(=O)[C@@H](Cc1ccccc1)NC(=O)[C@@H](CC(C)C)[C@@H](C)C(=O)NO. The molecule has 1 aromatic carbocycles. The van der Waals surface area contributed by atoms with Crippen molar-refractivity contribution in [2.24, 2.45) is 17.8 Å². The van der Waals surface area contributed by atoms with Crippen LogP contribution in [0.5, 0.6) is 0 Å². The van der Waals surface area contributed by atoms with Crippen LogP contribution in [0.15, 0.2) is 30.3 Å². The maximum Gasteiger partial charge on any atom is 0.328 e. The number of nitrogens with one attached hydrogen (secondary N) is 2. The summed E-state index contributed by atoms with van der Waals surface area (Å²) < 4.78 is 4.80. The van der Waals surface area contributed by atoms with E-state index < -0.39 is 35.7 Å². The summed E-state index contributed by atoms with van der Waals surface area (Å²) in [6.07, 6.45) is 0.730. The molecule has 0 heterocycles. The molecule has 0 aromatic heterocycles. The molecule has 0 aliphatic carbocycles. The molecule has 0 saturated heterocycles. The normalized spacial score (nSPS) is 14.2. The van der Waals surface area contributed by atoms with Crippen LogP contribution in [0.1, 0.15) is 32.8 Å². The topological polar surface area (TPSA) is 105 Å². The van der Waals surface area contributed by atoms with E-state index in [0.717, 1.165) is 5.56 Å². The molecule has 0 unspecified atom stereocenters. The smallest absolute Gasteiger partial charge is 0.328 e. The number of methoxy groups -OCH3 is 1. The Morgan fingerprint density at radius 1 is 1.08 bits per heavy atom. The van der Waals surface area contributed by atoms with E-state index in [9.17, 15) is 14.4 Å². The van der Waals surface area contributed by atoms with Gasteiger partial charge in [-0.05, 0) is 17.9 Å². The molecular formula is C19H28N2O5. The maximum absolute atomic E-state index is 12.8. The predicted octanol–water partition coefficient (Wildman–Crippen LogP) is 1.69. The van der Waals surface area contributed by atoms with E-state index in [1.54, 1.807) is 12.4 Å². The van der Waals surface area contributed by atoms with E-state index in [-0.39, 0.29) is 12.3 Å². The Morgan fingerprint density at radius 2 is 1.69 bits per heavy atom. The zero-order chi connectivity index (χ0) is 19.7. The van der Waals surface area contributed by atoms with Crippen molar-refractivity contribution in [3.05, 3.63) is 35.9 Å². The summed E-state index contributed by atoms with van der Waals surface area (Å²) in [5.74, 6) is -2.86. The standard InChI is InChI=1S/C19H28N2O5/c1-12(2)10-15(13(3)17(22)21-25)18(23)20-16(19(24)26-4)11-14-8-6-5-7-9-14/h5-9,12-13,15-16,25H,10-11H2,1-4H3,(H,20,23)(H,21,22)/t13-,15+,16-/m1/s1. The number of amides is 2. The second kappa shape index (κ2) is 10.6. The second-order valence-corrected chi connectivity index (χ2v) is 6.77. The summed E-state index contributed by atoms with van der Waals surface area (Å²) in [5, 5.41) is 11.6. The Morgan fingerprint density at radius 3 is 2.19 bits per heavy atom. The third-order valence-electron chi connectivity index (χ3n) is 4.27. The molecule has 0 saturated carbocycles. The average molecular weight is 364 g/mol. The van der Waals surface area contributed by atoms with Gasteiger partial charge in [0.1, 0.15) is 6.04 Å². The number of carbonyl (C=O) groups excluding carboxylic acids is 3. The zero-order valence-corrected chi connectivity index (χ0v) is 15.7. The first-order valence-corrected chi connectivity index (χ1v) is 8.66. The molecule has 0 fully saturated rings. The summed E-state index contributed by atoms with van der Waals surface area (Å²) in [6, 6.07) is 8.42. The summed E-state index contributed by atoms with van der Waals surface area (Å²) in [5.41, 5.74) is 2.47. The van der Waals surface area contributed by atoms with Gasteiger partial charge in [0.2, 0.25) is 11.8 Å². The van der Waals surface area contributed by atoms with Gasteiger partial charge in [0.15, 0.2) is 0 Å². The molecule has 0 spiro atoms. The number of benzene rings is 1. The van der Waals surface area contributed by atoms with E-state index in [1.165, 1.54) is 7.11 Å². The van der Waals surface area contributed by atoms with E-state index in [4.69, 9.17) is 9.94 Å². The Labute approximate surface area is 154 Å². The Kier molecular flexibility index (Phi) is 8.78. The van der Waals surface area contributed by atoms with Crippen LogP contribution >= 0.6 is 0 Å². The maximum atomic E-state index is 12.8. The number of hydroxylamine groups is 1. The fraction of sp³-hybridized carbons (Fsp3) is 0.526. The van der Waals surface area contributed by atoms with Gasteiger partial charge in [-0.25, -0.2) is 10.3 Å². The molecule has 1 rings (SSSR count). The summed E-state index contributed by atoms with van der Waals surface area (Å²) in [4.78, 5) is 36.7. The lowest BCUT2D eigenvalue weighted by Crippen LogP contribution is -2.48. The Hall–Kier alpha value is -2.41. The number of rotatable bonds is 9. The fourth-order valence-corrected chi connectivity index (χ4v) is 2.79. The average Bonchev–Trinajstić information content (AvgIpc) is 2.64. The van der Waals surface area contributed by atoms with Crippen LogP contribution in [0.25, 0.3) is 0 Å². The van der Waals surface area contributed by atoms with Gasteiger partial charge in [0.25, 0.3) is 0 Å². The van der Waals surface area contributed by atoms with E-state index in [1.807, 2.05) is 44.2 Å². The highest BCUT2D eigenvalue weighted by atomic mass is 16.5. The molecule has 26 heavy (non-hydrogen) atoms. The molecule has 0 bridgehead atoms. The quantitative estimate of drug-likeness (QED) is 0.351. The number of esters is 1.